The van der Waals surface area contributed by atoms with Crippen LogP contribution in [0.5, 0.6) is 0 Å². The number of fused-ring (bicyclic) bond motifs is 3. The van der Waals surface area contributed by atoms with Crippen molar-refractivity contribution >= 4 is 22.4 Å². The highest BCUT2D eigenvalue weighted by molar-refractivity contribution is 6.16. The van der Waals surface area contributed by atoms with Gasteiger partial charge in [-0.3, -0.25) is 0 Å². The number of nitrogens with one attached hydrogen (secondary N) is 2. The Bertz CT molecular complexity index is 703. The van der Waals surface area contributed by atoms with Gasteiger partial charge in [0.05, 0.1) is 11.3 Å². The van der Waals surface area contributed by atoms with Gasteiger partial charge < -0.3 is 15.4 Å². The molecule has 98 valence electrons. The van der Waals surface area contributed by atoms with Crippen molar-refractivity contribution in [1.82, 2.24) is 10.3 Å². The predicted octanol–water partition coefficient (Wildman–Crippen LogP) is 2.27. The monoisotopic (exact) mass is 260 g/mol. The van der Waals surface area contributed by atoms with Crippen molar-refractivity contribution in [2.24, 2.45) is 0 Å². The number of aliphatic carboxylic acids is 1. The van der Waals surface area contributed by atoms with Crippen LogP contribution in [-0.4, -0.2) is 22.1 Å². The van der Waals surface area contributed by atoms with E-state index in [1.54, 1.807) is 6.07 Å². The number of hydrogen-bond acceptors (Lipinski definition) is 2. The third-order valence-corrected chi connectivity index (χ3v) is 3.39. The number of carboxylic acids is 1. The topological polar surface area (TPSA) is 65.1 Å². The van der Waals surface area contributed by atoms with E-state index in [9.17, 15) is 14.3 Å². The molecule has 0 saturated carbocycles. The Hall–Kier alpha value is -2.30. The molecule has 19 heavy (non-hydrogen) atoms. The lowest BCUT2D eigenvalue weighted by molar-refractivity contribution is -0.130. The molecule has 0 radical (unpaired) electrons. The first kappa shape index (κ1) is 11.8. The molecule has 0 bridgehead atoms. The summed E-state index contributed by atoms with van der Waals surface area (Å²) in [6.45, 7) is 1.98. The molecule has 0 saturated heterocycles. The normalized spacial score (nSPS) is 18.4. The van der Waals surface area contributed by atoms with E-state index in [-0.39, 0.29) is 17.4 Å². The quantitative estimate of drug-likeness (QED) is 0.737. The molecular weight excluding hydrogens is 247 g/mol. The summed E-state index contributed by atoms with van der Waals surface area (Å²) in [6, 6.07) is 4.60. The molecule has 3 rings (SSSR count). The van der Waals surface area contributed by atoms with Crippen LogP contribution in [0.25, 0.3) is 16.5 Å². The maximum atomic E-state index is 13.3. The van der Waals surface area contributed by atoms with Gasteiger partial charge in [-0.1, -0.05) is 0 Å². The first-order valence-electron chi connectivity index (χ1n) is 6.06. The molecule has 1 unspecified atom stereocenters. The van der Waals surface area contributed by atoms with E-state index in [1.807, 2.05) is 6.92 Å². The van der Waals surface area contributed by atoms with Gasteiger partial charge in [0, 0.05) is 23.1 Å². The number of halogens is 1. The van der Waals surface area contributed by atoms with Gasteiger partial charge in [0.15, 0.2) is 0 Å². The van der Waals surface area contributed by atoms with Crippen LogP contribution in [0.3, 0.4) is 0 Å². The number of carboxylic acid groups (broad SMARTS) is 1. The molecule has 0 amide bonds. The highest BCUT2D eigenvalue weighted by atomic mass is 19.1. The molecular formula is C14H13FN2O2. The summed E-state index contributed by atoms with van der Waals surface area (Å²) in [5.74, 6) is -1.34. The van der Waals surface area contributed by atoms with Crippen LogP contribution in [0.15, 0.2) is 24.4 Å². The number of rotatable bonds is 1. The summed E-state index contributed by atoms with van der Waals surface area (Å²) >= 11 is 0. The van der Waals surface area contributed by atoms with Gasteiger partial charge in [0.2, 0.25) is 0 Å². The second-order valence-corrected chi connectivity index (χ2v) is 4.80. The molecule has 3 N–H and O–H groups in total. The van der Waals surface area contributed by atoms with Crippen molar-refractivity contribution in [2.75, 3.05) is 0 Å². The van der Waals surface area contributed by atoms with Gasteiger partial charge in [-0.05, 0) is 37.1 Å². The number of aromatic nitrogens is 1. The first-order chi connectivity index (χ1) is 9.06. The lowest BCUT2D eigenvalue weighted by Gasteiger charge is -2.08. The molecule has 0 spiro atoms. The van der Waals surface area contributed by atoms with Crippen LogP contribution < -0.4 is 5.32 Å². The lowest BCUT2D eigenvalue weighted by atomic mass is 10.0. The van der Waals surface area contributed by atoms with Crippen LogP contribution in [-0.2, 0) is 11.2 Å². The number of hydrogen-bond donors (Lipinski definition) is 3. The van der Waals surface area contributed by atoms with Crippen molar-refractivity contribution < 1.29 is 14.3 Å². The Balaban J connectivity index is 2.30. The van der Waals surface area contributed by atoms with E-state index in [0.29, 0.717) is 17.6 Å². The van der Waals surface area contributed by atoms with E-state index < -0.39 is 5.97 Å². The Labute approximate surface area is 108 Å². The van der Waals surface area contributed by atoms with E-state index >= 15 is 0 Å². The van der Waals surface area contributed by atoms with E-state index in [0.717, 1.165) is 10.9 Å². The minimum Gasteiger partial charge on any atom is -0.478 e. The first-order valence-corrected chi connectivity index (χ1v) is 6.06. The average Bonchev–Trinajstić information content (AvgIpc) is 2.58. The van der Waals surface area contributed by atoms with Crippen molar-refractivity contribution in [3.05, 3.63) is 41.5 Å². The fourth-order valence-electron chi connectivity index (χ4n) is 2.50. The molecule has 1 atom stereocenters. The Morgan fingerprint density at radius 2 is 2.26 bits per heavy atom. The van der Waals surface area contributed by atoms with Gasteiger partial charge in [-0.2, -0.15) is 0 Å². The summed E-state index contributed by atoms with van der Waals surface area (Å²) in [5.41, 5.74) is 2.29. The zero-order chi connectivity index (χ0) is 13.6. The molecule has 2 aromatic rings. The van der Waals surface area contributed by atoms with Gasteiger partial charge >= 0.3 is 5.97 Å². The minimum atomic E-state index is -1.00. The van der Waals surface area contributed by atoms with Gasteiger partial charge in [0.1, 0.15) is 5.82 Å². The third-order valence-electron chi connectivity index (χ3n) is 3.39. The van der Waals surface area contributed by atoms with Gasteiger partial charge in [0.25, 0.3) is 0 Å². The highest BCUT2D eigenvalue weighted by Gasteiger charge is 2.23. The lowest BCUT2D eigenvalue weighted by Crippen LogP contribution is -2.21. The van der Waals surface area contributed by atoms with Crippen LogP contribution in [0, 0.1) is 5.82 Å². The zero-order valence-corrected chi connectivity index (χ0v) is 10.3. The largest absolute Gasteiger partial charge is 0.478 e. The summed E-state index contributed by atoms with van der Waals surface area (Å²) < 4.78 is 13.3. The summed E-state index contributed by atoms with van der Waals surface area (Å²) in [4.78, 5) is 14.3. The van der Waals surface area contributed by atoms with Crippen LogP contribution in [0.1, 0.15) is 18.2 Å². The Kier molecular flexibility index (Phi) is 2.55. The summed E-state index contributed by atoms with van der Waals surface area (Å²) in [6.07, 6.45) is 2.19. The Morgan fingerprint density at radius 1 is 1.47 bits per heavy atom. The van der Waals surface area contributed by atoms with Gasteiger partial charge in [-0.15, -0.1) is 0 Å². The van der Waals surface area contributed by atoms with E-state index in [2.05, 4.69) is 10.3 Å². The van der Waals surface area contributed by atoms with Crippen molar-refractivity contribution in [3.63, 3.8) is 0 Å². The average molecular weight is 260 g/mol. The van der Waals surface area contributed by atoms with Crippen LogP contribution in [0.4, 0.5) is 4.39 Å². The van der Waals surface area contributed by atoms with E-state index in [4.69, 9.17) is 0 Å². The van der Waals surface area contributed by atoms with Crippen molar-refractivity contribution in [1.29, 1.82) is 0 Å². The number of benzene rings is 1. The van der Waals surface area contributed by atoms with Crippen LogP contribution >= 0.6 is 0 Å². The molecule has 0 aliphatic carbocycles. The minimum absolute atomic E-state index is 0.125. The molecule has 1 aromatic heterocycles. The smallest absolute Gasteiger partial charge is 0.339 e. The second-order valence-electron chi connectivity index (χ2n) is 4.80. The maximum absolute atomic E-state index is 13.3. The molecule has 1 aromatic carbocycles. The zero-order valence-electron chi connectivity index (χ0n) is 10.3. The number of carbonyl (C=O) groups is 1. The van der Waals surface area contributed by atoms with Crippen LogP contribution in [0.2, 0.25) is 0 Å². The molecule has 4 nitrogen and oxygen atoms in total. The number of aromatic amines is 1. The highest BCUT2D eigenvalue weighted by Crippen LogP contribution is 2.30. The molecule has 1 aliphatic rings. The summed E-state index contributed by atoms with van der Waals surface area (Å²) in [5, 5.41) is 13.2. The van der Waals surface area contributed by atoms with Crippen molar-refractivity contribution in [3.8, 4) is 0 Å². The fraction of sp³-hybridized carbons (Fsp3) is 0.214. The molecule has 2 heterocycles. The maximum Gasteiger partial charge on any atom is 0.339 e. The Morgan fingerprint density at radius 3 is 3.00 bits per heavy atom. The fourth-order valence-corrected chi connectivity index (χ4v) is 2.50. The summed E-state index contributed by atoms with van der Waals surface area (Å²) in [7, 11) is 0. The number of H-pyrrole nitrogens is 1. The predicted molar refractivity (Wildman–Crippen MR) is 70.2 cm³/mol. The van der Waals surface area contributed by atoms with Gasteiger partial charge in [-0.25, -0.2) is 9.18 Å². The molecule has 5 heteroatoms. The third kappa shape index (κ3) is 1.87. The van der Waals surface area contributed by atoms with Crippen molar-refractivity contribution in [2.45, 2.75) is 19.4 Å². The van der Waals surface area contributed by atoms with E-state index in [1.165, 1.54) is 18.3 Å². The standard InChI is InChI=1S/C14H13FN2O2/c1-7-4-10-9-3-2-8(15)5-12(9)17-13(10)11(6-16-7)14(18)19/h2-3,5-7,16-17H,4H2,1H3,(H,18,19). The SMILES string of the molecule is CC1Cc2c([nH]c3cc(F)ccc23)C(C(=O)O)=CN1. The molecule has 0 fully saturated rings. The molecule has 1 aliphatic heterocycles. The second kappa shape index (κ2) is 4.12.